The second kappa shape index (κ2) is 4.61. The number of benzene rings is 1. The van der Waals surface area contributed by atoms with Crippen molar-refractivity contribution in [2.24, 2.45) is 5.92 Å². The molecule has 0 bridgehead atoms. The maximum atomic E-state index is 10.6. The van der Waals surface area contributed by atoms with Gasteiger partial charge in [-0.05, 0) is 23.8 Å². The Hall–Kier alpha value is -1.11. The van der Waals surface area contributed by atoms with Gasteiger partial charge in [-0.3, -0.25) is 4.79 Å². The zero-order valence-corrected chi connectivity index (χ0v) is 9.28. The Morgan fingerprint density at radius 3 is 2.40 bits per heavy atom. The van der Waals surface area contributed by atoms with Crippen LogP contribution in [0.2, 0.25) is 0 Å². The van der Waals surface area contributed by atoms with Crippen LogP contribution in [0.1, 0.15) is 54.4 Å². The van der Waals surface area contributed by atoms with Crippen molar-refractivity contribution in [3.05, 3.63) is 35.4 Å². The summed E-state index contributed by atoms with van der Waals surface area (Å²) in [5, 5.41) is 0. The predicted molar refractivity (Wildman–Crippen MR) is 62.2 cm³/mol. The number of hydrogen-bond donors (Lipinski definition) is 0. The van der Waals surface area contributed by atoms with Crippen LogP contribution in [0.5, 0.6) is 0 Å². The van der Waals surface area contributed by atoms with Crippen molar-refractivity contribution < 1.29 is 4.79 Å². The van der Waals surface area contributed by atoms with Gasteiger partial charge in [0.2, 0.25) is 0 Å². The van der Waals surface area contributed by atoms with Gasteiger partial charge in [-0.2, -0.15) is 0 Å². The van der Waals surface area contributed by atoms with E-state index in [1.54, 1.807) is 0 Å². The van der Waals surface area contributed by atoms with E-state index in [1.165, 1.54) is 31.2 Å². The van der Waals surface area contributed by atoms with Gasteiger partial charge in [0.1, 0.15) is 6.29 Å². The van der Waals surface area contributed by atoms with Crippen LogP contribution >= 0.6 is 0 Å². The predicted octanol–water partition coefficient (Wildman–Crippen LogP) is 3.79. The van der Waals surface area contributed by atoms with Crippen LogP contribution in [-0.4, -0.2) is 6.29 Å². The molecule has 2 rings (SSSR count). The molecule has 15 heavy (non-hydrogen) atoms. The Morgan fingerprint density at radius 2 is 1.80 bits per heavy atom. The summed E-state index contributed by atoms with van der Waals surface area (Å²) in [5.74, 6) is 1.50. The van der Waals surface area contributed by atoms with Crippen molar-refractivity contribution in [1.29, 1.82) is 0 Å². The van der Waals surface area contributed by atoms with Crippen molar-refractivity contribution in [3.63, 3.8) is 0 Å². The molecule has 80 valence electrons. The first kappa shape index (κ1) is 10.4. The number of hydrogen-bond acceptors (Lipinski definition) is 1. The quantitative estimate of drug-likeness (QED) is 0.667. The van der Waals surface area contributed by atoms with E-state index in [1.807, 2.05) is 12.1 Å². The molecule has 0 aliphatic heterocycles. The van der Waals surface area contributed by atoms with E-state index in [9.17, 15) is 4.79 Å². The van der Waals surface area contributed by atoms with Crippen molar-refractivity contribution >= 4 is 6.29 Å². The molecule has 2 atom stereocenters. The summed E-state index contributed by atoms with van der Waals surface area (Å²) in [4.78, 5) is 10.6. The van der Waals surface area contributed by atoms with Crippen LogP contribution in [-0.2, 0) is 0 Å². The Labute approximate surface area is 91.5 Å². The highest BCUT2D eigenvalue weighted by Gasteiger charge is 2.22. The molecule has 1 aromatic rings. The lowest BCUT2D eigenvalue weighted by atomic mass is 9.76. The second-order valence-corrected chi connectivity index (χ2v) is 4.65. The highest BCUT2D eigenvalue weighted by molar-refractivity contribution is 5.74. The average Bonchev–Trinajstić information content (AvgIpc) is 2.30. The highest BCUT2D eigenvalue weighted by atomic mass is 16.1. The van der Waals surface area contributed by atoms with Crippen molar-refractivity contribution in [2.75, 3.05) is 0 Å². The number of aldehydes is 1. The minimum absolute atomic E-state index is 0.708. The zero-order chi connectivity index (χ0) is 10.7. The first-order valence-electron chi connectivity index (χ1n) is 5.86. The van der Waals surface area contributed by atoms with Crippen molar-refractivity contribution in [3.8, 4) is 0 Å². The maximum Gasteiger partial charge on any atom is 0.150 e. The lowest BCUT2D eigenvalue weighted by Gasteiger charge is -2.29. The van der Waals surface area contributed by atoms with E-state index in [-0.39, 0.29) is 0 Å². The largest absolute Gasteiger partial charge is 0.298 e. The Morgan fingerprint density at radius 1 is 1.13 bits per heavy atom. The molecule has 1 fully saturated rings. The summed E-state index contributed by atoms with van der Waals surface area (Å²) >= 11 is 0. The summed E-state index contributed by atoms with van der Waals surface area (Å²) in [6, 6.07) is 8.11. The van der Waals surface area contributed by atoms with Gasteiger partial charge in [-0.25, -0.2) is 0 Å². The summed E-state index contributed by atoms with van der Waals surface area (Å²) in [7, 11) is 0. The lowest BCUT2D eigenvalue weighted by molar-refractivity contribution is 0.112. The van der Waals surface area contributed by atoms with E-state index in [0.29, 0.717) is 5.92 Å². The summed E-state index contributed by atoms with van der Waals surface area (Å²) < 4.78 is 0. The van der Waals surface area contributed by atoms with E-state index in [0.717, 1.165) is 17.8 Å². The van der Waals surface area contributed by atoms with Crippen LogP contribution in [0.4, 0.5) is 0 Å². The van der Waals surface area contributed by atoms with E-state index < -0.39 is 0 Å². The molecule has 1 aliphatic rings. The van der Waals surface area contributed by atoms with Gasteiger partial charge >= 0.3 is 0 Å². The second-order valence-electron chi connectivity index (χ2n) is 4.65. The Bertz CT molecular complexity index is 326. The fourth-order valence-corrected chi connectivity index (χ4v) is 2.63. The van der Waals surface area contributed by atoms with Gasteiger partial charge in [0, 0.05) is 5.56 Å². The molecular formula is C14H18O. The standard InChI is InChI=1S/C14H18O/c1-11-4-2-3-5-14(11)13-8-6-12(10-15)7-9-13/h6-11,14H,2-5H2,1H3/t11-,14?/m1/s1. The third-order valence-corrected chi connectivity index (χ3v) is 3.61. The maximum absolute atomic E-state index is 10.6. The molecular weight excluding hydrogens is 184 g/mol. The summed E-state index contributed by atoms with van der Waals surface area (Å²) in [6.07, 6.45) is 6.30. The molecule has 1 unspecified atom stereocenters. The van der Waals surface area contributed by atoms with E-state index in [2.05, 4.69) is 19.1 Å². The first-order valence-corrected chi connectivity index (χ1v) is 5.86. The van der Waals surface area contributed by atoms with Gasteiger partial charge in [0.15, 0.2) is 0 Å². The smallest absolute Gasteiger partial charge is 0.150 e. The lowest BCUT2D eigenvalue weighted by Crippen LogP contribution is -2.14. The van der Waals surface area contributed by atoms with Crippen LogP contribution < -0.4 is 0 Å². The van der Waals surface area contributed by atoms with Gasteiger partial charge in [-0.15, -0.1) is 0 Å². The summed E-state index contributed by atoms with van der Waals surface area (Å²) in [5.41, 5.74) is 2.19. The third-order valence-electron chi connectivity index (χ3n) is 3.61. The average molecular weight is 202 g/mol. The topological polar surface area (TPSA) is 17.1 Å². The van der Waals surface area contributed by atoms with E-state index in [4.69, 9.17) is 0 Å². The van der Waals surface area contributed by atoms with Crippen LogP contribution in [0.25, 0.3) is 0 Å². The molecule has 0 saturated heterocycles. The molecule has 0 N–H and O–H groups in total. The number of carbonyl (C=O) groups excluding carboxylic acids is 1. The minimum atomic E-state index is 0.708. The van der Waals surface area contributed by atoms with Crippen LogP contribution in [0, 0.1) is 5.92 Å². The summed E-state index contributed by atoms with van der Waals surface area (Å²) in [6.45, 7) is 2.34. The van der Waals surface area contributed by atoms with Crippen molar-refractivity contribution in [2.45, 2.75) is 38.5 Å². The number of carbonyl (C=O) groups is 1. The molecule has 1 saturated carbocycles. The fraction of sp³-hybridized carbons (Fsp3) is 0.500. The third kappa shape index (κ3) is 2.28. The SMILES string of the molecule is C[C@@H]1CCCCC1c1ccc(C=O)cc1. The highest BCUT2D eigenvalue weighted by Crippen LogP contribution is 2.37. The molecule has 0 spiro atoms. The van der Waals surface area contributed by atoms with Crippen LogP contribution in [0.3, 0.4) is 0 Å². The zero-order valence-electron chi connectivity index (χ0n) is 9.28. The normalized spacial score (nSPS) is 26.2. The molecule has 1 nitrogen and oxygen atoms in total. The molecule has 1 heteroatoms. The van der Waals surface area contributed by atoms with Crippen molar-refractivity contribution in [1.82, 2.24) is 0 Å². The van der Waals surface area contributed by atoms with Gasteiger partial charge in [0.05, 0.1) is 0 Å². The molecule has 0 amide bonds. The molecule has 0 radical (unpaired) electrons. The minimum Gasteiger partial charge on any atom is -0.298 e. The molecule has 1 aromatic carbocycles. The molecule has 1 aliphatic carbocycles. The first-order chi connectivity index (χ1) is 7.31. The fourth-order valence-electron chi connectivity index (χ4n) is 2.63. The van der Waals surface area contributed by atoms with Gasteiger partial charge < -0.3 is 0 Å². The Balaban J connectivity index is 2.16. The Kier molecular flexibility index (Phi) is 3.20. The van der Waals surface area contributed by atoms with Gasteiger partial charge in [0.25, 0.3) is 0 Å². The monoisotopic (exact) mass is 202 g/mol. The number of rotatable bonds is 2. The molecule has 0 heterocycles. The van der Waals surface area contributed by atoms with E-state index >= 15 is 0 Å². The van der Waals surface area contributed by atoms with Crippen LogP contribution in [0.15, 0.2) is 24.3 Å². The molecule has 0 aromatic heterocycles. The van der Waals surface area contributed by atoms with Gasteiger partial charge in [-0.1, -0.05) is 50.5 Å².